The predicted octanol–water partition coefficient (Wildman–Crippen LogP) is 10.8. The molecule has 202 valence electrons. The number of rotatable bonds is 14. The zero-order chi connectivity index (χ0) is 27.3. The molecule has 0 unspecified atom stereocenters. The molecule has 0 fully saturated rings. The minimum atomic E-state index is -2.48. The van der Waals surface area contributed by atoms with Crippen LogP contribution in [0.25, 0.3) is 11.1 Å². The molecule has 0 radical (unpaired) electrons. The Morgan fingerprint density at radius 2 is 0.718 bits per heavy atom. The van der Waals surface area contributed by atoms with Gasteiger partial charge < -0.3 is 0 Å². The summed E-state index contributed by atoms with van der Waals surface area (Å²) in [7, 11) is 0. The summed E-state index contributed by atoms with van der Waals surface area (Å²) in [6.45, 7) is 7.10. The molecular formula is C38H46Sn. The number of unbranched alkanes of at least 4 members (excludes halogenated alkanes) is 3. The van der Waals surface area contributed by atoms with Crippen LogP contribution in [0, 0.1) is 0 Å². The Morgan fingerprint density at radius 3 is 1.03 bits per heavy atom. The number of benzene rings is 4. The fourth-order valence-electron chi connectivity index (χ4n) is 6.07. The van der Waals surface area contributed by atoms with Crippen LogP contribution in [0.5, 0.6) is 0 Å². The molecule has 0 N–H and O–H groups in total. The fourth-order valence-corrected chi connectivity index (χ4v) is 22.0. The normalized spacial score (nSPS) is 11.4. The minimum absolute atomic E-state index is 1.26. The second-order valence-corrected chi connectivity index (χ2v) is 24.3. The summed E-state index contributed by atoms with van der Waals surface area (Å²) in [5.41, 5.74) is 7.71. The van der Waals surface area contributed by atoms with E-state index in [2.05, 4.69) is 136 Å². The Labute approximate surface area is 242 Å². The molecule has 0 aliphatic carbocycles. The van der Waals surface area contributed by atoms with Crippen LogP contribution in [-0.2, 0) is 0 Å². The van der Waals surface area contributed by atoms with Crippen molar-refractivity contribution in [2.45, 2.75) is 72.6 Å². The van der Waals surface area contributed by atoms with Gasteiger partial charge in [0, 0.05) is 0 Å². The van der Waals surface area contributed by atoms with Crippen LogP contribution in [0.4, 0.5) is 0 Å². The molecule has 0 heterocycles. The van der Waals surface area contributed by atoms with Gasteiger partial charge in [0.1, 0.15) is 0 Å². The first kappa shape index (κ1) is 29.4. The molecule has 4 aromatic rings. The summed E-state index contributed by atoms with van der Waals surface area (Å²) in [4.78, 5) is 0. The zero-order valence-electron chi connectivity index (χ0n) is 24.3. The molecular weight excluding hydrogens is 575 g/mol. The number of hydrogen-bond acceptors (Lipinski definition) is 0. The van der Waals surface area contributed by atoms with Crippen LogP contribution in [-0.4, -0.2) is 18.4 Å². The summed E-state index contributed by atoms with van der Waals surface area (Å²) in [5.74, 6) is 0. The quantitative estimate of drug-likeness (QED) is 0.0971. The summed E-state index contributed by atoms with van der Waals surface area (Å²) in [6.07, 6.45) is 8.12. The van der Waals surface area contributed by atoms with E-state index in [-0.39, 0.29) is 0 Å². The fraction of sp³-hybridized carbons (Fsp3) is 0.316. The molecule has 0 aliphatic heterocycles. The van der Waals surface area contributed by atoms with Gasteiger partial charge in [-0.15, -0.1) is 0 Å². The molecule has 1 heteroatoms. The van der Waals surface area contributed by atoms with Crippen LogP contribution in [0.2, 0.25) is 13.3 Å². The molecule has 0 nitrogen and oxygen atoms in total. The summed E-state index contributed by atoms with van der Waals surface area (Å²) in [6, 6.07) is 42.9. The zero-order valence-corrected chi connectivity index (χ0v) is 27.2. The van der Waals surface area contributed by atoms with Gasteiger partial charge in [0.2, 0.25) is 0 Å². The van der Waals surface area contributed by atoms with Crippen molar-refractivity contribution in [1.82, 2.24) is 0 Å². The van der Waals surface area contributed by atoms with Crippen molar-refractivity contribution in [1.29, 1.82) is 0 Å². The van der Waals surface area contributed by atoms with Crippen molar-refractivity contribution in [2.75, 3.05) is 0 Å². The van der Waals surface area contributed by atoms with E-state index in [0.29, 0.717) is 0 Å². The molecule has 4 aromatic carbocycles. The second-order valence-electron chi connectivity index (χ2n) is 11.0. The van der Waals surface area contributed by atoms with Crippen molar-refractivity contribution in [3.63, 3.8) is 0 Å². The first-order chi connectivity index (χ1) is 19.2. The van der Waals surface area contributed by atoms with Crippen LogP contribution in [0.1, 0.15) is 81.5 Å². The van der Waals surface area contributed by atoms with Gasteiger partial charge in [0.15, 0.2) is 0 Å². The molecule has 0 aromatic heterocycles. The standard InChI is InChI=1S/C26H19.3C4H9.Sn/c1-5-13-21(14-6-1)25(22-15-7-2-8-16-22)26(23-17-9-3-10-18-23)24-19-11-4-12-20-24;3*1-3-4-2;/h1-3,5-20H;3*1,3-4H2,2H3;. The monoisotopic (exact) mass is 622 g/mol. The van der Waals surface area contributed by atoms with Crippen LogP contribution >= 0.6 is 0 Å². The molecule has 0 bridgehead atoms. The topological polar surface area (TPSA) is 0 Å². The molecule has 0 saturated carbocycles. The maximum absolute atomic E-state index is 2.56. The molecule has 0 amide bonds. The van der Waals surface area contributed by atoms with Gasteiger partial charge in [-0.25, -0.2) is 0 Å². The summed E-state index contributed by atoms with van der Waals surface area (Å²) < 4.78 is 6.26. The summed E-state index contributed by atoms with van der Waals surface area (Å²) in [5, 5.41) is 0. The van der Waals surface area contributed by atoms with Crippen molar-refractivity contribution in [2.24, 2.45) is 0 Å². The first-order valence-electron chi connectivity index (χ1n) is 15.2. The summed E-state index contributed by atoms with van der Waals surface area (Å²) >= 11 is -2.48. The van der Waals surface area contributed by atoms with Gasteiger partial charge >= 0.3 is 243 Å². The van der Waals surface area contributed by atoms with Gasteiger partial charge in [-0.3, -0.25) is 0 Å². The van der Waals surface area contributed by atoms with Gasteiger partial charge in [-0.1, -0.05) is 0 Å². The first-order valence-corrected chi connectivity index (χ1v) is 22.7. The molecule has 0 aliphatic rings. The second kappa shape index (κ2) is 15.3. The Bertz CT molecular complexity index is 1210. The van der Waals surface area contributed by atoms with E-state index in [1.807, 2.05) is 0 Å². The van der Waals surface area contributed by atoms with Gasteiger partial charge in [-0.2, -0.15) is 0 Å². The van der Waals surface area contributed by atoms with Crippen LogP contribution in [0.3, 0.4) is 0 Å². The average molecular weight is 621 g/mol. The van der Waals surface area contributed by atoms with E-state index >= 15 is 0 Å². The average Bonchev–Trinajstić information content (AvgIpc) is 3.01. The van der Waals surface area contributed by atoms with Crippen molar-refractivity contribution < 1.29 is 0 Å². The molecule has 39 heavy (non-hydrogen) atoms. The van der Waals surface area contributed by atoms with Crippen molar-refractivity contribution in [3.05, 3.63) is 138 Å². The van der Waals surface area contributed by atoms with E-state index in [9.17, 15) is 0 Å². The van der Waals surface area contributed by atoms with Crippen LogP contribution < -0.4 is 3.58 Å². The van der Waals surface area contributed by atoms with Gasteiger partial charge in [-0.05, 0) is 0 Å². The molecule has 4 rings (SSSR count). The van der Waals surface area contributed by atoms with Crippen molar-refractivity contribution in [3.8, 4) is 0 Å². The Balaban J connectivity index is 1.90. The van der Waals surface area contributed by atoms with Gasteiger partial charge in [0.25, 0.3) is 0 Å². The third-order valence-electron chi connectivity index (χ3n) is 8.25. The Kier molecular flexibility index (Phi) is 11.5. The third-order valence-corrected chi connectivity index (χ3v) is 23.9. The van der Waals surface area contributed by atoms with E-state index in [0.717, 1.165) is 0 Å². The maximum atomic E-state index is 2.56. The van der Waals surface area contributed by atoms with E-state index in [4.69, 9.17) is 0 Å². The molecule has 0 atom stereocenters. The molecule has 0 saturated heterocycles. The van der Waals surface area contributed by atoms with Crippen LogP contribution in [0.15, 0.2) is 115 Å². The molecule has 0 spiro atoms. The van der Waals surface area contributed by atoms with E-state index in [1.165, 1.54) is 85.2 Å². The predicted molar refractivity (Wildman–Crippen MR) is 175 cm³/mol. The van der Waals surface area contributed by atoms with Crippen molar-refractivity contribution >= 4 is 33.1 Å². The van der Waals surface area contributed by atoms with E-state index in [1.54, 1.807) is 3.58 Å². The number of hydrogen-bond donors (Lipinski definition) is 0. The van der Waals surface area contributed by atoms with E-state index < -0.39 is 18.4 Å². The third kappa shape index (κ3) is 7.54. The Hall–Kier alpha value is -2.58. The Morgan fingerprint density at radius 1 is 0.410 bits per heavy atom. The SMILES string of the molecule is CCC[CH2][Sn]([CH2]CCC)([CH2]CCC)[c]1ccc(C(=C(c2ccccc2)c2ccccc2)c2ccccc2)cc1. The van der Waals surface area contributed by atoms with Gasteiger partial charge in [0.05, 0.1) is 0 Å².